The van der Waals surface area contributed by atoms with Gasteiger partial charge in [0, 0.05) is 6.54 Å². The number of fused-ring (bicyclic) bond motifs is 1. The number of rotatable bonds is 5. The largest absolute Gasteiger partial charge is 0.483 e. The lowest BCUT2D eigenvalue weighted by Crippen LogP contribution is -2.28. The van der Waals surface area contributed by atoms with Crippen LogP contribution in [0.2, 0.25) is 0 Å². The van der Waals surface area contributed by atoms with Crippen molar-refractivity contribution < 1.29 is 9.53 Å². The van der Waals surface area contributed by atoms with Crippen molar-refractivity contribution in [2.75, 3.05) is 6.61 Å². The van der Waals surface area contributed by atoms with E-state index in [0.717, 1.165) is 22.4 Å². The van der Waals surface area contributed by atoms with E-state index in [1.165, 1.54) is 10.8 Å². The summed E-state index contributed by atoms with van der Waals surface area (Å²) in [6.45, 7) is 4.51. The molecule has 3 nitrogen and oxygen atoms in total. The molecule has 3 rings (SSSR count). The average molecular weight is 319 g/mol. The second kappa shape index (κ2) is 7.18. The third-order valence-corrected chi connectivity index (χ3v) is 4.01. The number of ether oxygens (including phenoxy) is 1. The molecule has 0 heterocycles. The first-order valence-corrected chi connectivity index (χ1v) is 8.06. The summed E-state index contributed by atoms with van der Waals surface area (Å²) in [6, 6.07) is 20.4. The predicted molar refractivity (Wildman–Crippen MR) is 97.2 cm³/mol. The molecule has 24 heavy (non-hydrogen) atoms. The lowest BCUT2D eigenvalue weighted by atomic mass is 10.1. The normalized spacial score (nSPS) is 10.6. The van der Waals surface area contributed by atoms with Crippen LogP contribution in [0.4, 0.5) is 0 Å². The Morgan fingerprint density at radius 1 is 0.958 bits per heavy atom. The Balaban J connectivity index is 1.55. The molecular weight excluding hydrogens is 298 g/mol. The van der Waals surface area contributed by atoms with Crippen LogP contribution in [0.15, 0.2) is 60.7 Å². The third-order valence-electron chi connectivity index (χ3n) is 4.01. The van der Waals surface area contributed by atoms with E-state index in [0.29, 0.717) is 6.54 Å². The lowest BCUT2D eigenvalue weighted by molar-refractivity contribution is -0.123. The van der Waals surface area contributed by atoms with E-state index in [1.54, 1.807) is 0 Å². The SMILES string of the molecule is Cc1ccc(C)c(OCC(=O)NCc2ccc3ccccc3c2)c1. The Kier molecular flexibility index (Phi) is 4.80. The van der Waals surface area contributed by atoms with Crippen LogP contribution in [0.5, 0.6) is 5.75 Å². The third kappa shape index (κ3) is 3.93. The zero-order valence-corrected chi connectivity index (χ0v) is 14.0. The van der Waals surface area contributed by atoms with E-state index in [1.807, 2.05) is 50.2 Å². The summed E-state index contributed by atoms with van der Waals surface area (Å²) < 4.78 is 5.63. The smallest absolute Gasteiger partial charge is 0.258 e. The van der Waals surface area contributed by atoms with Gasteiger partial charge in [0.15, 0.2) is 6.61 Å². The molecule has 3 aromatic rings. The van der Waals surface area contributed by atoms with Crippen molar-refractivity contribution in [3.63, 3.8) is 0 Å². The number of nitrogens with one attached hydrogen (secondary N) is 1. The Bertz CT molecular complexity index is 871. The molecule has 3 heteroatoms. The highest BCUT2D eigenvalue weighted by atomic mass is 16.5. The van der Waals surface area contributed by atoms with Crippen molar-refractivity contribution in [2.45, 2.75) is 20.4 Å². The van der Waals surface area contributed by atoms with Crippen molar-refractivity contribution >= 4 is 16.7 Å². The summed E-state index contributed by atoms with van der Waals surface area (Å²) in [5, 5.41) is 5.28. The second-order valence-electron chi connectivity index (χ2n) is 6.02. The molecule has 0 aliphatic carbocycles. The molecule has 1 amide bonds. The minimum Gasteiger partial charge on any atom is -0.483 e. The summed E-state index contributed by atoms with van der Waals surface area (Å²) in [5.74, 6) is 0.639. The maximum atomic E-state index is 12.0. The number of carbonyl (C=O) groups excluding carboxylic acids is 1. The summed E-state index contributed by atoms with van der Waals surface area (Å²) in [4.78, 5) is 12.0. The van der Waals surface area contributed by atoms with E-state index in [-0.39, 0.29) is 12.5 Å². The van der Waals surface area contributed by atoms with Gasteiger partial charge in [-0.3, -0.25) is 4.79 Å². The molecule has 0 radical (unpaired) electrons. The van der Waals surface area contributed by atoms with Gasteiger partial charge in [-0.2, -0.15) is 0 Å². The molecule has 0 aromatic heterocycles. The number of hydrogen-bond donors (Lipinski definition) is 1. The van der Waals surface area contributed by atoms with Crippen molar-refractivity contribution in [1.82, 2.24) is 5.32 Å². The van der Waals surface area contributed by atoms with Gasteiger partial charge in [0.25, 0.3) is 5.91 Å². The van der Waals surface area contributed by atoms with Crippen molar-refractivity contribution in [2.24, 2.45) is 0 Å². The number of aryl methyl sites for hydroxylation is 2. The van der Waals surface area contributed by atoms with Gasteiger partial charge in [0.1, 0.15) is 5.75 Å². The molecule has 0 spiro atoms. The van der Waals surface area contributed by atoms with E-state index >= 15 is 0 Å². The minimum atomic E-state index is -0.121. The topological polar surface area (TPSA) is 38.3 Å². The summed E-state index contributed by atoms with van der Waals surface area (Å²) in [6.07, 6.45) is 0. The van der Waals surface area contributed by atoms with Gasteiger partial charge < -0.3 is 10.1 Å². The molecule has 1 N–H and O–H groups in total. The first-order valence-electron chi connectivity index (χ1n) is 8.06. The highest BCUT2D eigenvalue weighted by Crippen LogP contribution is 2.19. The molecular formula is C21H21NO2. The Morgan fingerprint density at radius 2 is 1.75 bits per heavy atom. The van der Waals surface area contributed by atoms with Crippen molar-refractivity contribution in [3.05, 3.63) is 77.4 Å². The predicted octanol–water partition coefficient (Wildman–Crippen LogP) is 4.15. The number of carbonyl (C=O) groups is 1. The molecule has 3 aromatic carbocycles. The van der Waals surface area contributed by atoms with Gasteiger partial charge in [0.2, 0.25) is 0 Å². The standard InChI is InChI=1S/C21H21NO2/c1-15-7-8-16(2)20(11-15)24-14-21(23)22-13-17-9-10-18-5-3-4-6-19(18)12-17/h3-12H,13-14H2,1-2H3,(H,22,23). The van der Waals surface area contributed by atoms with Crippen LogP contribution < -0.4 is 10.1 Å². The fourth-order valence-electron chi connectivity index (χ4n) is 2.61. The van der Waals surface area contributed by atoms with E-state index in [9.17, 15) is 4.79 Å². The highest BCUT2D eigenvalue weighted by molar-refractivity contribution is 5.83. The summed E-state index contributed by atoms with van der Waals surface area (Å²) in [7, 11) is 0. The summed E-state index contributed by atoms with van der Waals surface area (Å²) in [5.41, 5.74) is 3.23. The Hall–Kier alpha value is -2.81. The van der Waals surface area contributed by atoms with Gasteiger partial charge in [-0.1, -0.05) is 48.5 Å². The quantitative estimate of drug-likeness (QED) is 0.767. The van der Waals surface area contributed by atoms with Crippen LogP contribution in [0.1, 0.15) is 16.7 Å². The van der Waals surface area contributed by atoms with Crippen molar-refractivity contribution in [3.8, 4) is 5.75 Å². The fourth-order valence-corrected chi connectivity index (χ4v) is 2.61. The summed E-state index contributed by atoms with van der Waals surface area (Å²) >= 11 is 0. The van der Waals surface area contributed by atoms with Gasteiger partial charge in [-0.25, -0.2) is 0 Å². The minimum absolute atomic E-state index is 0.0257. The molecule has 0 bridgehead atoms. The average Bonchev–Trinajstić information content (AvgIpc) is 2.60. The first kappa shape index (κ1) is 16.1. The van der Waals surface area contributed by atoms with Gasteiger partial charge in [-0.05, 0) is 53.4 Å². The molecule has 122 valence electrons. The maximum Gasteiger partial charge on any atom is 0.258 e. The zero-order valence-electron chi connectivity index (χ0n) is 14.0. The first-order chi connectivity index (χ1) is 11.6. The van der Waals surface area contributed by atoms with Crippen LogP contribution in [0, 0.1) is 13.8 Å². The number of benzene rings is 3. The lowest BCUT2D eigenvalue weighted by Gasteiger charge is -2.10. The molecule has 0 unspecified atom stereocenters. The molecule has 0 aliphatic heterocycles. The molecule has 0 fully saturated rings. The highest BCUT2D eigenvalue weighted by Gasteiger charge is 2.05. The van der Waals surface area contributed by atoms with Crippen LogP contribution >= 0.6 is 0 Å². The van der Waals surface area contributed by atoms with E-state index in [4.69, 9.17) is 4.74 Å². The van der Waals surface area contributed by atoms with Crippen LogP contribution in [-0.2, 0) is 11.3 Å². The molecule has 0 saturated heterocycles. The van der Waals surface area contributed by atoms with Gasteiger partial charge in [-0.15, -0.1) is 0 Å². The van der Waals surface area contributed by atoms with Crippen molar-refractivity contribution in [1.29, 1.82) is 0 Å². The van der Waals surface area contributed by atoms with Crippen LogP contribution in [0.25, 0.3) is 10.8 Å². The fraction of sp³-hybridized carbons (Fsp3) is 0.190. The Labute approximate surface area is 142 Å². The van der Waals surface area contributed by atoms with Gasteiger partial charge in [0.05, 0.1) is 0 Å². The van der Waals surface area contributed by atoms with E-state index in [2.05, 4.69) is 29.6 Å². The molecule has 0 aliphatic rings. The Morgan fingerprint density at radius 3 is 2.58 bits per heavy atom. The molecule has 0 atom stereocenters. The van der Waals surface area contributed by atoms with Crippen LogP contribution in [-0.4, -0.2) is 12.5 Å². The van der Waals surface area contributed by atoms with E-state index < -0.39 is 0 Å². The van der Waals surface area contributed by atoms with Crippen LogP contribution in [0.3, 0.4) is 0 Å². The number of hydrogen-bond acceptors (Lipinski definition) is 2. The second-order valence-corrected chi connectivity index (χ2v) is 6.02. The zero-order chi connectivity index (χ0) is 16.9. The van der Waals surface area contributed by atoms with Gasteiger partial charge >= 0.3 is 0 Å². The molecule has 0 saturated carbocycles. The number of amides is 1. The maximum absolute atomic E-state index is 12.0. The monoisotopic (exact) mass is 319 g/mol.